The van der Waals surface area contributed by atoms with Crippen LogP contribution in [0.1, 0.15) is 26.3 Å². The van der Waals surface area contributed by atoms with Gasteiger partial charge in [0.15, 0.2) is 0 Å². The Morgan fingerprint density at radius 2 is 1.42 bits per heavy atom. The van der Waals surface area contributed by atoms with E-state index < -0.39 is 0 Å². The molecule has 0 heterocycles. The molecular formula is C15H15NO3. The van der Waals surface area contributed by atoms with Gasteiger partial charge >= 0.3 is 0 Å². The largest absolute Gasteiger partial charge is 0.506 e. The van der Waals surface area contributed by atoms with Crippen molar-refractivity contribution >= 4 is 18.3 Å². The van der Waals surface area contributed by atoms with Gasteiger partial charge in [-0.3, -0.25) is 9.59 Å². The quantitative estimate of drug-likeness (QED) is 0.492. The Morgan fingerprint density at radius 1 is 0.947 bits per heavy atom. The van der Waals surface area contributed by atoms with Crippen molar-refractivity contribution in [1.82, 2.24) is 0 Å². The van der Waals surface area contributed by atoms with E-state index in [0.29, 0.717) is 16.8 Å². The van der Waals surface area contributed by atoms with Crippen LogP contribution in [0.4, 0.5) is 5.69 Å². The number of benzene rings is 2. The van der Waals surface area contributed by atoms with Gasteiger partial charge in [-0.25, -0.2) is 0 Å². The number of rotatable bonds is 2. The molecule has 0 saturated heterocycles. The molecule has 0 spiro atoms. The number of phenolic OH excluding ortho intramolecular Hbond substituents is 1. The predicted octanol–water partition coefficient (Wildman–Crippen LogP) is 2.59. The smallest absolute Gasteiger partial charge is 0.150 e. The fraction of sp³-hybridized carbons (Fsp3) is 0.0667. The zero-order valence-corrected chi connectivity index (χ0v) is 10.5. The molecule has 3 N–H and O–H groups in total. The molecule has 98 valence electrons. The van der Waals surface area contributed by atoms with Crippen LogP contribution >= 0.6 is 0 Å². The molecule has 0 atom stereocenters. The summed E-state index contributed by atoms with van der Waals surface area (Å²) in [7, 11) is 0. The van der Waals surface area contributed by atoms with Gasteiger partial charge in [-0.2, -0.15) is 0 Å². The molecule has 4 heteroatoms. The summed E-state index contributed by atoms with van der Waals surface area (Å²) in [5.74, 6) is 0.153. The van der Waals surface area contributed by atoms with Crippen molar-refractivity contribution in [3.63, 3.8) is 0 Å². The summed E-state index contributed by atoms with van der Waals surface area (Å²) in [6.07, 6.45) is 1.49. The molecule has 0 bridgehead atoms. The molecule has 0 aliphatic carbocycles. The maximum atomic E-state index is 10.1. The van der Waals surface area contributed by atoms with Gasteiger partial charge < -0.3 is 10.8 Å². The van der Waals surface area contributed by atoms with Crippen molar-refractivity contribution in [1.29, 1.82) is 0 Å². The third kappa shape index (κ3) is 4.63. The van der Waals surface area contributed by atoms with E-state index in [1.807, 2.05) is 13.0 Å². The lowest BCUT2D eigenvalue weighted by Crippen LogP contribution is -1.85. The molecular weight excluding hydrogens is 242 g/mol. The molecule has 4 nitrogen and oxygen atoms in total. The van der Waals surface area contributed by atoms with Crippen LogP contribution in [0, 0.1) is 6.92 Å². The highest BCUT2D eigenvalue weighted by atomic mass is 16.3. The van der Waals surface area contributed by atoms with E-state index >= 15 is 0 Å². The van der Waals surface area contributed by atoms with Crippen molar-refractivity contribution in [2.75, 3.05) is 5.73 Å². The predicted molar refractivity (Wildman–Crippen MR) is 74.5 cm³/mol. The maximum absolute atomic E-state index is 10.1. The van der Waals surface area contributed by atoms with E-state index in [9.17, 15) is 9.59 Å². The molecule has 0 aliphatic heterocycles. The minimum Gasteiger partial charge on any atom is -0.506 e. The summed E-state index contributed by atoms with van der Waals surface area (Å²) >= 11 is 0. The third-order valence-electron chi connectivity index (χ3n) is 2.39. The molecule has 0 aromatic heterocycles. The Morgan fingerprint density at radius 3 is 1.74 bits per heavy atom. The van der Waals surface area contributed by atoms with Crippen LogP contribution in [0.5, 0.6) is 5.75 Å². The summed E-state index contributed by atoms with van der Waals surface area (Å²) in [4.78, 5) is 20.2. The Bertz CT molecular complexity index is 535. The average molecular weight is 257 g/mol. The fourth-order valence-corrected chi connectivity index (χ4v) is 1.33. The first kappa shape index (κ1) is 14.4. The summed E-state index contributed by atoms with van der Waals surface area (Å²) < 4.78 is 0. The van der Waals surface area contributed by atoms with Gasteiger partial charge in [0, 0.05) is 11.1 Å². The van der Waals surface area contributed by atoms with E-state index in [4.69, 9.17) is 10.8 Å². The van der Waals surface area contributed by atoms with Crippen LogP contribution in [0.25, 0.3) is 0 Å². The lowest BCUT2D eigenvalue weighted by Gasteiger charge is -1.97. The molecule has 19 heavy (non-hydrogen) atoms. The summed E-state index contributed by atoms with van der Waals surface area (Å²) in [6, 6.07) is 11.6. The number of carbonyl (C=O) groups excluding carboxylic acids is 2. The Hall–Kier alpha value is -2.62. The average Bonchev–Trinajstić information content (AvgIpc) is 2.44. The van der Waals surface area contributed by atoms with Crippen LogP contribution in [0.3, 0.4) is 0 Å². The molecule has 0 unspecified atom stereocenters. The zero-order valence-electron chi connectivity index (χ0n) is 10.5. The van der Waals surface area contributed by atoms with Crippen LogP contribution in [0.2, 0.25) is 0 Å². The number of aldehydes is 2. The number of nitrogen functional groups attached to an aromatic ring is 1. The van der Waals surface area contributed by atoms with Gasteiger partial charge in [-0.05, 0) is 24.6 Å². The highest BCUT2D eigenvalue weighted by Crippen LogP contribution is 2.19. The second-order valence-electron chi connectivity index (χ2n) is 3.96. The number of hydrogen-bond donors (Lipinski definition) is 2. The van der Waals surface area contributed by atoms with Crippen molar-refractivity contribution in [3.8, 4) is 5.75 Å². The minimum absolute atomic E-state index is 0.153. The Kier molecular flexibility index (Phi) is 5.29. The van der Waals surface area contributed by atoms with Gasteiger partial charge in [0.05, 0.1) is 5.69 Å². The highest BCUT2D eigenvalue weighted by molar-refractivity contribution is 5.79. The lowest BCUT2D eigenvalue weighted by molar-refractivity contribution is 0.111. The van der Waals surface area contributed by atoms with Crippen LogP contribution in [-0.2, 0) is 0 Å². The van der Waals surface area contributed by atoms with Crippen molar-refractivity contribution in [2.24, 2.45) is 0 Å². The summed E-state index contributed by atoms with van der Waals surface area (Å²) in [6.45, 7) is 1.93. The van der Waals surface area contributed by atoms with Crippen molar-refractivity contribution < 1.29 is 14.7 Å². The molecule has 0 amide bonds. The van der Waals surface area contributed by atoms with Crippen molar-refractivity contribution in [2.45, 2.75) is 6.92 Å². The number of aromatic hydroxyl groups is 1. The Labute approximate surface area is 111 Å². The molecule has 2 aromatic rings. The molecule has 0 radical (unpaired) electrons. The monoisotopic (exact) mass is 257 g/mol. The third-order valence-corrected chi connectivity index (χ3v) is 2.39. The Balaban J connectivity index is 0.000000191. The number of hydrogen-bond acceptors (Lipinski definition) is 4. The standard InChI is InChI=1S/C8H6O2.C7H9NO/c9-5-7-1-2-8(6-10)4-3-7;1-5-2-3-7(9)6(8)4-5/h1-6H;2-4,9H,8H2,1H3. The van der Waals surface area contributed by atoms with Crippen LogP contribution < -0.4 is 5.73 Å². The van der Waals surface area contributed by atoms with Crippen LogP contribution in [-0.4, -0.2) is 17.7 Å². The first-order valence-electron chi connectivity index (χ1n) is 5.62. The van der Waals surface area contributed by atoms with Gasteiger partial charge in [0.1, 0.15) is 18.3 Å². The maximum Gasteiger partial charge on any atom is 0.150 e. The van der Waals surface area contributed by atoms with Gasteiger partial charge in [0.25, 0.3) is 0 Å². The normalized spacial score (nSPS) is 9.11. The summed E-state index contributed by atoms with van der Waals surface area (Å²) in [5, 5.41) is 8.92. The van der Waals surface area contributed by atoms with Gasteiger partial charge in [-0.15, -0.1) is 0 Å². The highest BCUT2D eigenvalue weighted by Gasteiger charge is 1.92. The molecule has 2 aromatic carbocycles. The first-order chi connectivity index (χ1) is 9.06. The molecule has 0 aliphatic rings. The minimum atomic E-state index is 0.153. The number of nitrogens with two attached hydrogens (primary N) is 1. The number of carbonyl (C=O) groups is 2. The van der Waals surface area contributed by atoms with Gasteiger partial charge in [0.2, 0.25) is 0 Å². The number of anilines is 1. The lowest BCUT2D eigenvalue weighted by atomic mass is 10.2. The van der Waals surface area contributed by atoms with E-state index in [-0.39, 0.29) is 5.75 Å². The van der Waals surface area contributed by atoms with Crippen LogP contribution in [0.15, 0.2) is 42.5 Å². The zero-order chi connectivity index (χ0) is 14.3. The fourth-order valence-electron chi connectivity index (χ4n) is 1.33. The summed E-state index contributed by atoms with van der Waals surface area (Å²) in [5.41, 5.74) is 8.05. The molecule has 0 fully saturated rings. The van der Waals surface area contributed by atoms with E-state index in [0.717, 1.165) is 18.1 Å². The van der Waals surface area contributed by atoms with E-state index in [2.05, 4.69) is 0 Å². The molecule has 0 saturated carbocycles. The number of phenols is 1. The van der Waals surface area contributed by atoms with Gasteiger partial charge in [-0.1, -0.05) is 30.3 Å². The van der Waals surface area contributed by atoms with E-state index in [1.165, 1.54) is 0 Å². The van der Waals surface area contributed by atoms with Crippen molar-refractivity contribution in [3.05, 3.63) is 59.2 Å². The SMILES string of the molecule is Cc1ccc(O)c(N)c1.O=Cc1ccc(C=O)cc1. The second kappa shape index (κ2) is 6.96. The molecule has 2 rings (SSSR count). The topological polar surface area (TPSA) is 80.4 Å². The first-order valence-corrected chi connectivity index (χ1v) is 5.62. The van der Waals surface area contributed by atoms with E-state index in [1.54, 1.807) is 36.4 Å². The second-order valence-corrected chi connectivity index (χ2v) is 3.96. The number of aryl methyl sites for hydroxylation is 1.